The van der Waals surface area contributed by atoms with Crippen LogP contribution >= 0.6 is 11.6 Å². The van der Waals surface area contributed by atoms with Gasteiger partial charge in [-0.15, -0.1) is 0 Å². The maximum atomic E-state index is 13.4. The van der Waals surface area contributed by atoms with Crippen LogP contribution in [0.5, 0.6) is 0 Å². The molecule has 7 nitrogen and oxygen atoms in total. The molecule has 1 N–H and O–H groups in total. The molecule has 1 heterocycles. The molecule has 0 spiro atoms. The Morgan fingerprint density at radius 3 is 2.58 bits per heavy atom. The van der Waals surface area contributed by atoms with Gasteiger partial charge in [-0.25, -0.2) is 8.42 Å². The van der Waals surface area contributed by atoms with Gasteiger partial charge in [0.05, 0.1) is 17.3 Å². The summed E-state index contributed by atoms with van der Waals surface area (Å²) in [5, 5.41) is 2.79. The van der Waals surface area contributed by atoms with E-state index in [9.17, 15) is 18.0 Å². The van der Waals surface area contributed by atoms with Gasteiger partial charge in [0.1, 0.15) is 4.90 Å². The van der Waals surface area contributed by atoms with E-state index in [0.717, 1.165) is 5.56 Å². The number of carbonyl (C=O) groups excluding carboxylic acids is 2. The first-order valence-corrected chi connectivity index (χ1v) is 12.0. The molecule has 2 amide bonds. The lowest BCUT2D eigenvalue weighted by atomic mass is 10.2. The summed E-state index contributed by atoms with van der Waals surface area (Å²) in [7, 11) is -3.96. The fourth-order valence-electron chi connectivity index (χ4n) is 3.56. The summed E-state index contributed by atoms with van der Waals surface area (Å²) in [4.78, 5) is 26.3. The number of carbonyl (C=O) groups is 2. The number of amides is 2. The first-order valence-electron chi connectivity index (χ1n) is 10.1. The first-order chi connectivity index (χ1) is 14.6. The van der Waals surface area contributed by atoms with Gasteiger partial charge in [0.25, 0.3) is 15.9 Å². The number of nitrogens with one attached hydrogen (secondary N) is 1. The van der Waals surface area contributed by atoms with Crippen molar-refractivity contribution in [3.8, 4) is 0 Å². The number of benzene rings is 2. The molecule has 0 radical (unpaired) electrons. The van der Waals surface area contributed by atoms with Gasteiger partial charge in [-0.3, -0.25) is 13.9 Å². The SMILES string of the molecule is CCN(CC(=O)NC(C)C)C(=O)c1ccc(Cl)c(S(=O)(=O)N2CCc3ccccc32)c1. The van der Waals surface area contributed by atoms with Gasteiger partial charge in [0, 0.05) is 24.7 Å². The van der Waals surface area contributed by atoms with Crippen molar-refractivity contribution in [3.63, 3.8) is 0 Å². The highest BCUT2D eigenvalue weighted by atomic mass is 35.5. The Balaban J connectivity index is 1.91. The summed E-state index contributed by atoms with van der Waals surface area (Å²) >= 11 is 6.25. The number of fused-ring (bicyclic) bond motifs is 1. The van der Waals surface area contributed by atoms with Gasteiger partial charge in [0.2, 0.25) is 5.91 Å². The van der Waals surface area contributed by atoms with Crippen LogP contribution in [0.15, 0.2) is 47.4 Å². The Kier molecular flexibility index (Phi) is 6.91. The molecule has 0 saturated carbocycles. The summed E-state index contributed by atoms with van der Waals surface area (Å²) in [5.74, 6) is -0.711. The molecule has 0 atom stereocenters. The summed E-state index contributed by atoms with van der Waals surface area (Å²) in [5.41, 5.74) is 1.73. The Morgan fingerprint density at radius 2 is 1.90 bits per heavy atom. The van der Waals surface area contributed by atoms with E-state index < -0.39 is 15.9 Å². The van der Waals surface area contributed by atoms with Crippen molar-refractivity contribution in [2.75, 3.05) is 23.9 Å². The Labute approximate surface area is 188 Å². The van der Waals surface area contributed by atoms with E-state index in [-0.39, 0.29) is 34.0 Å². The Bertz CT molecular complexity index is 1100. The van der Waals surface area contributed by atoms with Crippen LogP contribution in [-0.2, 0) is 21.2 Å². The van der Waals surface area contributed by atoms with Gasteiger partial charge in [-0.1, -0.05) is 29.8 Å². The molecule has 0 aromatic heterocycles. The number of nitrogens with zero attached hydrogens (tertiary/aromatic N) is 2. The van der Waals surface area contributed by atoms with Crippen molar-refractivity contribution in [2.24, 2.45) is 0 Å². The lowest BCUT2D eigenvalue weighted by Gasteiger charge is -2.23. The van der Waals surface area contributed by atoms with Crippen LogP contribution in [0, 0.1) is 0 Å². The molecule has 0 aliphatic carbocycles. The molecular formula is C22H26ClN3O4S. The molecule has 1 aliphatic rings. The Morgan fingerprint density at radius 1 is 1.19 bits per heavy atom. The predicted molar refractivity (Wildman–Crippen MR) is 121 cm³/mol. The average Bonchev–Trinajstić information content (AvgIpc) is 3.16. The van der Waals surface area contributed by atoms with Crippen LogP contribution in [0.2, 0.25) is 5.02 Å². The predicted octanol–water partition coefficient (Wildman–Crippen LogP) is 3.08. The van der Waals surface area contributed by atoms with Gasteiger partial charge in [-0.2, -0.15) is 0 Å². The summed E-state index contributed by atoms with van der Waals surface area (Å²) in [6, 6.07) is 11.5. The standard InChI is InChI=1S/C22H26ClN3O4S/c1-4-25(14-21(27)24-15(2)3)22(28)17-9-10-18(23)20(13-17)31(29,30)26-12-11-16-7-5-6-8-19(16)26/h5-10,13,15H,4,11-12,14H2,1-3H3,(H,24,27). The fourth-order valence-corrected chi connectivity index (χ4v) is 5.57. The number of anilines is 1. The van der Waals surface area contributed by atoms with Crippen molar-refractivity contribution < 1.29 is 18.0 Å². The minimum atomic E-state index is -3.96. The molecule has 1 aliphatic heterocycles. The molecule has 0 saturated heterocycles. The van der Waals surface area contributed by atoms with Crippen molar-refractivity contribution >= 4 is 39.1 Å². The number of sulfonamides is 1. The smallest absolute Gasteiger partial charge is 0.265 e. The third-order valence-electron chi connectivity index (χ3n) is 5.04. The molecule has 3 rings (SSSR count). The molecule has 2 aromatic rings. The zero-order chi connectivity index (χ0) is 22.8. The Hall–Kier alpha value is -2.58. The van der Waals surface area contributed by atoms with E-state index in [4.69, 9.17) is 11.6 Å². The number of halogens is 1. The third kappa shape index (κ3) is 4.85. The summed E-state index contributed by atoms with van der Waals surface area (Å²) in [6.07, 6.45) is 0.611. The maximum absolute atomic E-state index is 13.4. The second-order valence-electron chi connectivity index (χ2n) is 7.64. The van der Waals surface area contributed by atoms with Crippen LogP contribution in [-0.4, -0.2) is 50.8 Å². The van der Waals surface area contributed by atoms with Crippen LogP contribution in [0.25, 0.3) is 0 Å². The number of para-hydroxylation sites is 1. The summed E-state index contributed by atoms with van der Waals surface area (Å²) < 4.78 is 28.1. The van der Waals surface area contributed by atoms with Gasteiger partial charge in [-0.05, 0) is 57.0 Å². The van der Waals surface area contributed by atoms with E-state index in [0.29, 0.717) is 25.2 Å². The fraction of sp³-hybridized carbons (Fsp3) is 0.364. The van der Waals surface area contributed by atoms with Crippen molar-refractivity contribution in [3.05, 3.63) is 58.6 Å². The molecule has 2 aromatic carbocycles. The minimum absolute atomic E-state index is 0.0431. The normalized spacial score (nSPS) is 13.3. The van der Waals surface area contributed by atoms with Crippen LogP contribution in [0.4, 0.5) is 5.69 Å². The largest absolute Gasteiger partial charge is 0.352 e. The highest BCUT2D eigenvalue weighted by Crippen LogP contribution is 2.35. The lowest BCUT2D eigenvalue weighted by molar-refractivity contribution is -0.122. The monoisotopic (exact) mass is 463 g/mol. The van der Waals surface area contributed by atoms with Crippen molar-refractivity contribution in [1.29, 1.82) is 0 Å². The molecular weight excluding hydrogens is 438 g/mol. The van der Waals surface area contributed by atoms with E-state index in [1.165, 1.54) is 27.4 Å². The van der Waals surface area contributed by atoms with Crippen molar-refractivity contribution in [1.82, 2.24) is 10.2 Å². The van der Waals surface area contributed by atoms with E-state index in [1.54, 1.807) is 19.1 Å². The molecule has 0 fully saturated rings. The first kappa shape index (κ1) is 23.1. The van der Waals surface area contributed by atoms with E-state index in [2.05, 4.69) is 5.32 Å². The minimum Gasteiger partial charge on any atom is -0.352 e. The zero-order valence-corrected chi connectivity index (χ0v) is 19.3. The highest BCUT2D eigenvalue weighted by Gasteiger charge is 2.33. The number of likely N-dealkylation sites (N-methyl/N-ethyl adjacent to an activating group) is 1. The number of hydrogen-bond acceptors (Lipinski definition) is 4. The number of rotatable bonds is 7. The zero-order valence-electron chi connectivity index (χ0n) is 17.8. The van der Waals surface area contributed by atoms with Crippen molar-refractivity contribution in [2.45, 2.75) is 38.1 Å². The van der Waals surface area contributed by atoms with Crippen LogP contribution in [0.1, 0.15) is 36.7 Å². The van der Waals surface area contributed by atoms with Crippen LogP contribution < -0.4 is 9.62 Å². The quantitative estimate of drug-likeness (QED) is 0.683. The van der Waals surface area contributed by atoms with Gasteiger partial charge in [0.15, 0.2) is 0 Å². The molecule has 9 heteroatoms. The third-order valence-corrected chi connectivity index (χ3v) is 7.34. The molecule has 0 bridgehead atoms. The topological polar surface area (TPSA) is 86.8 Å². The molecule has 0 unspecified atom stereocenters. The maximum Gasteiger partial charge on any atom is 0.265 e. The number of hydrogen-bond donors (Lipinski definition) is 1. The van der Waals surface area contributed by atoms with E-state index >= 15 is 0 Å². The lowest BCUT2D eigenvalue weighted by Crippen LogP contribution is -2.42. The molecule has 166 valence electrons. The second kappa shape index (κ2) is 9.28. The second-order valence-corrected chi connectivity index (χ2v) is 9.88. The van der Waals surface area contributed by atoms with Crippen LogP contribution in [0.3, 0.4) is 0 Å². The van der Waals surface area contributed by atoms with Gasteiger partial charge >= 0.3 is 0 Å². The molecule has 31 heavy (non-hydrogen) atoms. The highest BCUT2D eigenvalue weighted by molar-refractivity contribution is 7.93. The summed E-state index contributed by atoms with van der Waals surface area (Å²) in [6.45, 7) is 5.93. The van der Waals surface area contributed by atoms with E-state index in [1.807, 2.05) is 26.0 Å². The van der Waals surface area contributed by atoms with Gasteiger partial charge < -0.3 is 10.2 Å². The average molecular weight is 464 g/mol.